The van der Waals surface area contributed by atoms with Gasteiger partial charge in [0.05, 0.1) is 11.6 Å². The standard InChI is InChI=1S/C26H28ClFN4O5/c1-3-19(34)31-10-11-32-16(12-31)14-36-24-21(26(32)35)25(37-13-15-6-5-9-30(15)2)29-23(22(24)27)20-17(28)7-4-8-18(20)33/h3-4,7-8,15-16,33H,1,5-6,9-14H2,2H3/t15-,16+/m0/s1. The number of phenolic OH excluding ortho intramolecular Hbond substituents is 1. The third kappa shape index (κ3) is 4.59. The zero-order valence-corrected chi connectivity index (χ0v) is 21.2. The maximum atomic E-state index is 14.8. The van der Waals surface area contributed by atoms with Crippen molar-refractivity contribution in [2.75, 3.05) is 46.4 Å². The van der Waals surface area contributed by atoms with Gasteiger partial charge in [-0.25, -0.2) is 9.37 Å². The largest absolute Gasteiger partial charge is 0.507 e. The molecule has 0 radical (unpaired) electrons. The lowest BCUT2D eigenvalue weighted by Gasteiger charge is -2.39. The molecule has 0 bridgehead atoms. The van der Waals surface area contributed by atoms with Gasteiger partial charge < -0.3 is 29.3 Å². The van der Waals surface area contributed by atoms with Crippen LogP contribution in [0.2, 0.25) is 5.02 Å². The number of amides is 2. The molecule has 3 aliphatic heterocycles. The first-order chi connectivity index (χ1) is 17.8. The van der Waals surface area contributed by atoms with Gasteiger partial charge in [-0.2, -0.15) is 0 Å². The number of aromatic nitrogens is 1. The minimum absolute atomic E-state index is 0.0186. The highest BCUT2D eigenvalue weighted by molar-refractivity contribution is 6.35. The molecule has 9 nitrogen and oxygen atoms in total. The van der Waals surface area contributed by atoms with E-state index < -0.39 is 17.8 Å². The molecule has 2 amide bonds. The summed E-state index contributed by atoms with van der Waals surface area (Å²) < 4.78 is 27.0. The fourth-order valence-electron chi connectivity index (χ4n) is 5.15. The molecule has 1 aromatic heterocycles. The first-order valence-corrected chi connectivity index (χ1v) is 12.6. The first kappa shape index (κ1) is 25.3. The van der Waals surface area contributed by atoms with Crippen LogP contribution in [-0.2, 0) is 4.79 Å². The number of carbonyl (C=O) groups excluding carboxylic acids is 2. The number of likely N-dealkylation sites (N-methyl/N-ethyl adjacent to an activating group) is 1. The van der Waals surface area contributed by atoms with Crippen molar-refractivity contribution in [1.82, 2.24) is 19.7 Å². The summed E-state index contributed by atoms with van der Waals surface area (Å²) in [5.41, 5.74) is -0.239. The number of aromatic hydroxyl groups is 1. The number of fused-ring (bicyclic) bond motifs is 2. The lowest BCUT2D eigenvalue weighted by Crippen LogP contribution is -2.57. The fourth-order valence-corrected chi connectivity index (χ4v) is 5.43. The number of hydrogen-bond donors (Lipinski definition) is 1. The number of nitrogens with zero attached hydrogens (tertiary/aromatic N) is 4. The minimum atomic E-state index is -0.730. The van der Waals surface area contributed by atoms with E-state index >= 15 is 0 Å². The van der Waals surface area contributed by atoms with Crippen molar-refractivity contribution in [2.45, 2.75) is 24.9 Å². The summed E-state index contributed by atoms with van der Waals surface area (Å²) in [6.45, 7) is 5.68. The molecule has 0 aliphatic carbocycles. The Morgan fingerprint density at radius 2 is 2.16 bits per heavy atom. The number of benzene rings is 1. The van der Waals surface area contributed by atoms with Crippen molar-refractivity contribution in [3.63, 3.8) is 0 Å². The van der Waals surface area contributed by atoms with Crippen LogP contribution in [0.1, 0.15) is 23.2 Å². The molecule has 5 rings (SSSR count). The second-order valence-corrected chi connectivity index (χ2v) is 9.84. The van der Waals surface area contributed by atoms with Crippen LogP contribution in [0, 0.1) is 5.82 Å². The van der Waals surface area contributed by atoms with Gasteiger partial charge in [0.15, 0.2) is 5.75 Å². The van der Waals surface area contributed by atoms with Gasteiger partial charge in [0.2, 0.25) is 11.8 Å². The molecule has 2 aromatic rings. The van der Waals surface area contributed by atoms with E-state index in [4.69, 9.17) is 21.1 Å². The van der Waals surface area contributed by atoms with Gasteiger partial charge in [-0.3, -0.25) is 9.59 Å². The maximum absolute atomic E-state index is 14.8. The normalized spacial score (nSPS) is 21.6. The molecule has 2 atom stereocenters. The molecule has 2 saturated heterocycles. The third-order valence-electron chi connectivity index (χ3n) is 7.24. The molecule has 37 heavy (non-hydrogen) atoms. The van der Waals surface area contributed by atoms with Crippen LogP contribution >= 0.6 is 11.6 Å². The molecular formula is C26H28ClFN4O5. The van der Waals surface area contributed by atoms with E-state index in [1.165, 1.54) is 24.3 Å². The molecule has 196 valence electrons. The Morgan fingerprint density at radius 3 is 2.86 bits per heavy atom. The quantitative estimate of drug-likeness (QED) is 0.594. The Kier molecular flexibility index (Phi) is 6.96. The monoisotopic (exact) mass is 530 g/mol. The number of ether oxygens (including phenoxy) is 2. The predicted octanol–water partition coefficient (Wildman–Crippen LogP) is 2.95. The molecule has 1 aromatic carbocycles. The van der Waals surface area contributed by atoms with E-state index in [1.807, 2.05) is 7.05 Å². The molecular weight excluding hydrogens is 503 g/mol. The fraction of sp³-hybridized carbons (Fsp3) is 0.423. The summed E-state index contributed by atoms with van der Waals surface area (Å²) in [5.74, 6) is -1.72. The molecule has 0 spiro atoms. The van der Waals surface area contributed by atoms with E-state index in [0.29, 0.717) is 6.54 Å². The van der Waals surface area contributed by atoms with E-state index in [-0.39, 0.29) is 77.5 Å². The van der Waals surface area contributed by atoms with Crippen LogP contribution in [0.15, 0.2) is 30.9 Å². The smallest absolute Gasteiger partial charge is 0.263 e. The number of phenols is 1. The number of hydrogen-bond acceptors (Lipinski definition) is 7. The van der Waals surface area contributed by atoms with Gasteiger partial charge in [-0.1, -0.05) is 24.2 Å². The van der Waals surface area contributed by atoms with E-state index in [0.717, 1.165) is 19.4 Å². The first-order valence-electron chi connectivity index (χ1n) is 12.2. The summed E-state index contributed by atoms with van der Waals surface area (Å²) >= 11 is 6.69. The van der Waals surface area contributed by atoms with E-state index in [1.54, 1.807) is 9.80 Å². The Bertz CT molecular complexity index is 1240. The van der Waals surface area contributed by atoms with Gasteiger partial charge >= 0.3 is 0 Å². The topological polar surface area (TPSA) is 95.4 Å². The lowest BCUT2D eigenvalue weighted by molar-refractivity contribution is -0.128. The van der Waals surface area contributed by atoms with Crippen LogP contribution in [0.5, 0.6) is 17.4 Å². The van der Waals surface area contributed by atoms with Crippen molar-refractivity contribution in [1.29, 1.82) is 0 Å². The second-order valence-electron chi connectivity index (χ2n) is 9.46. The Balaban J connectivity index is 1.58. The Morgan fingerprint density at radius 1 is 1.35 bits per heavy atom. The summed E-state index contributed by atoms with van der Waals surface area (Å²) in [6, 6.07) is 3.57. The molecule has 2 fully saturated rings. The highest BCUT2D eigenvalue weighted by Gasteiger charge is 2.40. The summed E-state index contributed by atoms with van der Waals surface area (Å²) in [6.07, 6.45) is 3.20. The van der Waals surface area contributed by atoms with Crippen LogP contribution < -0.4 is 9.47 Å². The van der Waals surface area contributed by atoms with Crippen LogP contribution in [0.3, 0.4) is 0 Å². The highest BCUT2D eigenvalue weighted by Crippen LogP contribution is 2.45. The van der Waals surface area contributed by atoms with Crippen molar-refractivity contribution in [3.8, 4) is 28.6 Å². The number of rotatable bonds is 5. The lowest BCUT2D eigenvalue weighted by atomic mass is 10.1. The average molecular weight is 531 g/mol. The summed E-state index contributed by atoms with van der Waals surface area (Å²) in [5, 5.41) is 10.3. The van der Waals surface area contributed by atoms with E-state index in [9.17, 15) is 19.1 Å². The summed E-state index contributed by atoms with van der Waals surface area (Å²) in [4.78, 5) is 35.9. The SMILES string of the molecule is C=CC(=O)N1CCN2C(=O)c3c(OC[C@@H]4CCCN4C)nc(-c4c(O)cccc4F)c(Cl)c3OC[C@H]2C1. The van der Waals surface area contributed by atoms with Gasteiger partial charge in [-0.05, 0) is 44.6 Å². The van der Waals surface area contributed by atoms with Crippen molar-refractivity contribution in [2.24, 2.45) is 0 Å². The third-order valence-corrected chi connectivity index (χ3v) is 7.59. The Labute approximate surface area is 219 Å². The van der Waals surface area contributed by atoms with Gasteiger partial charge in [0.25, 0.3) is 5.91 Å². The molecule has 3 aliphatic rings. The number of pyridine rings is 1. The van der Waals surface area contributed by atoms with Crippen molar-refractivity contribution < 1.29 is 28.6 Å². The van der Waals surface area contributed by atoms with Crippen molar-refractivity contribution in [3.05, 3.63) is 47.3 Å². The van der Waals surface area contributed by atoms with Crippen LogP contribution in [0.4, 0.5) is 4.39 Å². The summed E-state index contributed by atoms with van der Waals surface area (Å²) in [7, 11) is 2.00. The highest BCUT2D eigenvalue weighted by atomic mass is 35.5. The minimum Gasteiger partial charge on any atom is -0.507 e. The number of halogens is 2. The van der Waals surface area contributed by atoms with Gasteiger partial charge in [-0.15, -0.1) is 0 Å². The molecule has 4 heterocycles. The van der Waals surface area contributed by atoms with E-state index in [2.05, 4.69) is 16.5 Å². The predicted molar refractivity (Wildman–Crippen MR) is 135 cm³/mol. The molecule has 11 heteroatoms. The maximum Gasteiger partial charge on any atom is 0.263 e. The van der Waals surface area contributed by atoms with Gasteiger partial charge in [0, 0.05) is 25.7 Å². The van der Waals surface area contributed by atoms with Crippen LogP contribution in [0.25, 0.3) is 11.3 Å². The molecule has 1 N–H and O–H groups in total. The molecule has 0 unspecified atom stereocenters. The van der Waals surface area contributed by atoms with Crippen molar-refractivity contribution >= 4 is 23.4 Å². The second kappa shape index (κ2) is 10.2. The number of piperazine rings is 1. The Hall–Kier alpha value is -3.37. The molecule has 0 saturated carbocycles. The van der Waals surface area contributed by atoms with Crippen LogP contribution in [-0.4, -0.2) is 95.1 Å². The average Bonchev–Trinajstić information content (AvgIpc) is 3.24. The zero-order chi connectivity index (χ0) is 26.3. The number of likely N-dealkylation sites (tertiary alicyclic amines) is 1. The van der Waals surface area contributed by atoms with Gasteiger partial charge in [0.1, 0.15) is 41.1 Å². The zero-order valence-electron chi connectivity index (χ0n) is 20.5. The number of carbonyl (C=O) groups is 2.